The minimum atomic E-state index is -4.84. The number of rotatable bonds is 7. The number of benzene rings is 14. The standard InChI is InChI=1S/C87H49F3N8/c88-87(89,90)55-42-52(50-91)41-53(43-55)72-49-81(97-83-45-56(93-73-25-9-1-17-60(73)61-18-2-10-26-74(61)93)33-37-68(83)69-38-34-57(46-84(69)97)94-75-27-11-3-19-62(75)63-20-4-12-28-76(63)94)54(51-92)44-82(72)98-85-47-58(95-77-29-13-5-21-64(77)65-22-6-14-30-78(65)95)35-39-70(85)71-40-36-59(48-86(71)98)96-79-31-15-7-23-66(79)67-24-8-16-32-80(67)96/h1-49H. The SMILES string of the molecule is N#Cc1cc(-c2cc(-n3c4cc(-n5c6ccccc6c6ccccc65)ccc4c4ccc(-n5c6ccccc6c6ccccc65)cc43)c(C#N)cc2-n2c3cc(-n4c5ccccc5c5ccccc54)ccc3c3ccc(-n4c5ccccc5c5ccccc54)cc32)cc(C(F)(F)F)c1. The van der Waals surface area contributed by atoms with E-state index in [1.807, 2.05) is 84.9 Å². The summed E-state index contributed by atoms with van der Waals surface area (Å²) in [5.74, 6) is 0. The summed E-state index contributed by atoms with van der Waals surface area (Å²) in [5.41, 5.74) is 15.0. The number of para-hydroxylation sites is 8. The number of hydrogen-bond acceptors (Lipinski definition) is 2. The first-order chi connectivity index (χ1) is 48.2. The molecule has 0 spiro atoms. The second-order valence-electron chi connectivity index (χ2n) is 25.4. The fourth-order valence-electron chi connectivity index (χ4n) is 16.1. The van der Waals surface area contributed by atoms with E-state index in [0.717, 1.165) is 166 Å². The molecular formula is C87H49F3N8. The van der Waals surface area contributed by atoms with Gasteiger partial charge in [0.2, 0.25) is 0 Å². The lowest BCUT2D eigenvalue weighted by atomic mass is 9.95. The Kier molecular flexibility index (Phi) is 11.6. The van der Waals surface area contributed by atoms with Gasteiger partial charge in [0, 0.05) is 92.9 Å². The highest BCUT2D eigenvalue weighted by Gasteiger charge is 2.33. The number of aromatic nitrogens is 6. The average molecular weight is 1260 g/mol. The van der Waals surface area contributed by atoms with Crippen molar-refractivity contribution >= 4 is 131 Å². The Morgan fingerprint density at radius 2 is 0.520 bits per heavy atom. The van der Waals surface area contributed by atoms with Gasteiger partial charge in [-0.05, 0) is 133 Å². The third kappa shape index (κ3) is 7.87. The zero-order valence-electron chi connectivity index (χ0n) is 52.0. The van der Waals surface area contributed by atoms with Crippen LogP contribution in [0.1, 0.15) is 16.7 Å². The normalized spacial score (nSPS) is 12.2. The van der Waals surface area contributed by atoms with Gasteiger partial charge in [-0.1, -0.05) is 170 Å². The molecule has 98 heavy (non-hydrogen) atoms. The summed E-state index contributed by atoms with van der Waals surface area (Å²) < 4.78 is 60.4. The molecule has 0 N–H and O–H groups in total. The number of hydrogen-bond donors (Lipinski definition) is 0. The Labute approximate surface area is 556 Å². The van der Waals surface area contributed by atoms with Crippen molar-refractivity contribution < 1.29 is 13.2 Å². The summed E-state index contributed by atoms with van der Waals surface area (Å²) in [4.78, 5) is 0. The second-order valence-corrected chi connectivity index (χ2v) is 25.4. The van der Waals surface area contributed by atoms with Crippen molar-refractivity contribution in [1.82, 2.24) is 27.4 Å². The van der Waals surface area contributed by atoms with Gasteiger partial charge in [0.1, 0.15) is 6.07 Å². The average Bonchev–Trinajstić information content (AvgIpc) is 1.55. The van der Waals surface area contributed by atoms with Crippen molar-refractivity contribution in [2.24, 2.45) is 0 Å². The monoisotopic (exact) mass is 1260 g/mol. The van der Waals surface area contributed by atoms with Gasteiger partial charge in [-0.2, -0.15) is 23.7 Å². The second kappa shape index (κ2) is 20.6. The van der Waals surface area contributed by atoms with E-state index >= 15 is 13.2 Å². The Balaban J connectivity index is 0.933. The highest BCUT2D eigenvalue weighted by Crippen LogP contribution is 2.47. The van der Waals surface area contributed by atoms with Gasteiger partial charge < -0.3 is 27.4 Å². The van der Waals surface area contributed by atoms with Crippen LogP contribution in [-0.4, -0.2) is 27.4 Å². The first kappa shape index (κ1) is 55.1. The largest absolute Gasteiger partial charge is 0.416 e. The van der Waals surface area contributed by atoms with Crippen LogP contribution in [0, 0.1) is 22.7 Å². The molecule has 0 saturated heterocycles. The molecule has 0 aliphatic heterocycles. The quantitative estimate of drug-likeness (QED) is 0.159. The summed E-state index contributed by atoms with van der Waals surface area (Å²) in [5, 5.41) is 35.3. The van der Waals surface area contributed by atoms with Crippen LogP contribution in [0.15, 0.2) is 297 Å². The molecule has 0 amide bonds. The van der Waals surface area contributed by atoms with Crippen molar-refractivity contribution in [3.63, 3.8) is 0 Å². The van der Waals surface area contributed by atoms with Gasteiger partial charge in [-0.25, -0.2) is 0 Å². The molecule has 6 heterocycles. The van der Waals surface area contributed by atoms with Crippen LogP contribution in [0.5, 0.6) is 0 Å². The van der Waals surface area contributed by atoms with Crippen molar-refractivity contribution in [2.45, 2.75) is 6.18 Å². The predicted octanol–water partition coefficient (Wildman–Crippen LogP) is 22.7. The van der Waals surface area contributed by atoms with E-state index in [1.54, 1.807) is 0 Å². The van der Waals surface area contributed by atoms with Gasteiger partial charge in [0.25, 0.3) is 0 Å². The molecule has 0 aliphatic rings. The molecule has 20 rings (SSSR count). The lowest BCUT2D eigenvalue weighted by Gasteiger charge is -2.20. The number of fused-ring (bicyclic) bond motifs is 18. The fraction of sp³-hybridized carbons (Fsp3) is 0.0115. The Hall–Kier alpha value is -13.4. The molecule has 8 nitrogen and oxygen atoms in total. The first-order valence-corrected chi connectivity index (χ1v) is 32.5. The van der Waals surface area contributed by atoms with Crippen molar-refractivity contribution in [2.75, 3.05) is 0 Å². The van der Waals surface area contributed by atoms with E-state index in [9.17, 15) is 10.5 Å². The van der Waals surface area contributed by atoms with E-state index in [-0.39, 0.29) is 16.7 Å². The summed E-state index contributed by atoms with van der Waals surface area (Å²) in [6, 6.07) is 105. The van der Waals surface area contributed by atoms with Crippen LogP contribution in [0.2, 0.25) is 0 Å². The molecule has 0 atom stereocenters. The van der Waals surface area contributed by atoms with E-state index in [1.165, 1.54) is 6.07 Å². The molecule has 6 aromatic heterocycles. The third-order valence-corrected chi connectivity index (χ3v) is 20.2. The molecule has 0 fully saturated rings. The first-order valence-electron chi connectivity index (χ1n) is 32.5. The van der Waals surface area contributed by atoms with Crippen LogP contribution in [0.3, 0.4) is 0 Å². The summed E-state index contributed by atoms with van der Waals surface area (Å²) in [7, 11) is 0. The van der Waals surface area contributed by atoms with Crippen molar-refractivity contribution in [3.05, 3.63) is 314 Å². The number of alkyl halides is 3. The molecule has 0 bridgehead atoms. The molecule has 20 aromatic rings. The van der Waals surface area contributed by atoms with Gasteiger partial charge >= 0.3 is 6.18 Å². The van der Waals surface area contributed by atoms with Crippen LogP contribution in [-0.2, 0) is 6.18 Å². The van der Waals surface area contributed by atoms with E-state index in [2.05, 4.69) is 234 Å². The summed E-state index contributed by atoms with van der Waals surface area (Å²) in [6.07, 6.45) is -4.84. The van der Waals surface area contributed by atoms with Crippen molar-refractivity contribution in [1.29, 1.82) is 10.5 Å². The van der Waals surface area contributed by atoms with Gasteiger partial charge in [0.15, 0.2) is 0 Å². The minimum Gasteiger partial charge on any atom is -0.309 e. The maximum Gasteiger partial charge on any atom is 0.416 e. The Morgan fingerprint density at radius 1 is 0.245 bits per heavy atom. The van der Waals surface area contributed by atoms with E-state index in [0.29, 0.717) is 16.9 Å². The highest BCUT2D eigenvalue weighted by molar-refractivity contribution is 6.17. The summed E-state index contributed by atoms with van der Waals surface area (Å²) in [6.45, 7) is 0. The number of nitrogens with zero attached hydrogens (tertiary/aromatic N) is 8. The summed E-state index contributed by atoms with van der Waals surface area (Å²) >= 11 is 0. The third-order valence-electron chi connectivity index (χ3n) is 20.2. The fourth-order valence-corrected chi connectivity index (χ4v) is 16.1. The van der Waals surface area contributed by atoms with Crippen molar-refractivity contribution in [3.8, 4) is 57.4 Å². The van der Waals surface area contributed by atoms with Crippen LogP contribution in [0.4, 0.5) is 13.2 Å². The molecule has 0 saturated carbocycles. The Morgan fingerprint density at radius 3 is 0.796 bits per heavy atom. The lowest BCUT2D eigenvalue weighted by molar-refractivity contribution is -0.137. The van der Waals surface area contributed by atoms with E-state index < -0.39 is 11.7 Å². The van der Waals surface area contributed by atoms with Crippen LogP contribution >= 0.6 is 0 Å². The molecule has 14 aromatic carbocycles. The zero-order chi connectivity index (χ0) is 65.2. The van der Waals surface area contributed by atoms with Crippen LogP contribution in [0.25, 0.3) is 176 Å². The molecular weight excluding hydrogens is 1210 g/mol. The topological polar surface area (TPSA) is 77.2 Å². The van der Waals surface area contributed by atoms with Gasteiger partial charge in [-0.15, -0.1) is 0 Å². The molecule has 0 aliphatic carbocycles. The predicted molar refractivity (Wildman–Crippen MR) is 392 cm³/mol. The van der Waals surface area contributed by atoms with Gasteiger partial charge in [-0.3, -0.25) is 0 Å². The van der Waals surface area contributed by atoms with E-state index in [4.69, 9.17) is 0 Å². The highest BCUT2D eigenvalue weighted by atomic mass is 19.4. The number of nitriles is 2. The zero-order valence-corrected chi connectivity index (χ0v) is 52.0. The Bertz CT molecular complexity index is 6410. The minimum absolute atomic E-state index is 0.141. The molecule has 0 unspecified atom stereocenters. The lowest BCUT2D eigenvalue weighted by Crippen LogP contribution is -2.07. The van der Waals surface area contributed by atoms with Gasteiger partial charge in [0.05, 0.1) is 100 Å². The van der Waals surface area contributed by atoms with Crippen LogP contribution < -0.4 is 0 Å². The maximum absolute atomic E-state index is 15.7. The molecule has 458 valence electrons. The molecule has 0 radical (unpaired) electrons. The smallest absolute Gasteiger partial charge is 0.309 e. The molecule has 11 heteroatoms. The number of halogens is 3. The maximum atomic E-state index is 15.7.